The molecule has 1 amide bonds. The van der Waals surface area contributed by atoms with E-state index in [0.717, 1.165) is 23.3 Å². The Kier molecular flexibility index (Phi) is 5.53. The fourth-order valence-corrected chi connectivity index (χ4v) is 1.74. The average molecular weight is 330 g/mol. The van der Waals surface area contributed by atoms with Crippen molar-refractivity contribution in [3.05, 3.63) is 10.8 Å². The number of hydrogen-bond acceptors (Lipinski definition) is 5. The van der Waals surface area contributed by atoms with Crippen LogP contribution in [0.2, 0.25) is 0 Å². The van der Waals surface area contributed by atoms with E-state index in [1.807, 2.05) is 0 Å². The number of hydrogen-bond donors (Lipinski definition) is 3. The van der Waals surface area contributed by atoms with Gasteiger partial charge in [-0.1, -0.05) is 6.92 Å². The van der Waals surface area contributed by atoms with Gasteiger partial charge in [0, 0.05) is 13.1 Å². The summed E-state index contributed by atoms with van der Waals surface area (Å²) in [5.74, 6) is 1.02. The monoisotopic (exact) mass is 329 g/mol. The van der Waals surface area contributed by atoms with E-state index in [1.54, 1.807) is 13.8 Å². The molecule has 1 aromatic heterocycles. The van der Waals surface area contributed by atoms with E-state index in [-0.39, 0.29) is 5.91 Å². The van der Waals surface area contributed by atoms with Crippen LogP contribution < -0.4 is 16.4 Å². The molecular weight excluding hydrogens is 310 g/mol. The molecule has 0 aromatic carbocycles. The van der Waals surface area contributed by atoms with Crippen molar-refractivity contribution >= 4 is 33.5 Å². The largest absolute Gasteiger partial charge is 0.369 e. The number of carbonyl (C=O) groups is 1. The SMILES string of the molecule is CCCNc1ncnc(NCC(C)(C)C(N)=O)c1Br. The molecule has 0 fully saturated rings. The van der Waals surface area contributed by atoms with Crippen molar-refractivity contribution in [1.29, 1.82) is 0 Å². The summed E-state index contributed by atoms with van der Waals surface area (Å²) in [6.45, 7) is 6.89. The molecule has 1 heterocycles. The van der Waals surface area contributed by atoms with Crippen LogP contribution in [0, 0.1) is 5.41 Å². The van der Waals surface area contributed by atoms with E-state index in [0.29, 0.717) is 12.4 Å². The minimum absolute atomic E-state index is 0.352. The summed E-state index contributed by atoms with van der Waals surface area (Å²) >= 11 is 3.45. The molecule has 6 nitrogen and oxygen atoms in total. The van der Waals surface area contributed by atoms with Crippen LogP contribution in [0.3, 0.4) is 0 Å². The molecule has 0 unspecified atom stereocenters. The first-order chi connectivity index (χ1) is 8.88. The molecule has 7 heteroatoms. The highest BCUT2D eigenvalue weighted by Crippen LogP contribution is 2.27. The second-order valence-electron chi connectivity index (χ2n) is 4.91. The fraction of sp³-hybridized carbons (Fsp3) is 0.583. The number of aromatic nitrogens is 2. The maximum Gasteiger partial charge on any atom is 0.224 e. The topological polar surface area (TPSA) is 92.9 Å². The lowest BCUT2D eigenvalue weighted by atomic mass is 9.93. The molecule has 1 rings (SSSR count). The van der Waals surface area contributed by atoms with Crippen molar-refractivity contribution in [2.75, 3.05) is 23.7 Å². The zero-order chi connectivity index (χ0) is 14.5. The summed E-state index contributed by atoms with van der Waals surface area (Å²) in [7, 11) is 0. The maximum atomic E-state index is 11.3. The highest BCUT2D eigenvalue weighted by molar-refractivity contribution is 9.10. The van der Waals surface area contributed by atoms with Gasteiger partial charge in [-0.05, 0) is 36.2 Å². The number of nitrogens with zero attached hydrogens (tertiary/aromatic N) is 2. The molecule has 1 aromatic rings. The van der Waals surface area contributed by atoms with Crippen LogP contribution >= 0.6 is 15.9 Å². The third-order valence-electron chi connectivity index (χ3n) is 2.70. The number of primary amides is 1. The first kappa shape index (κ1) is 15.7. The van der Waals surface area contributed by atoms with Gasteiger partial charge in [0.2, 0.25) is 5.91 Å². The van der Waals surface area contributed by atoms with Crippen molar-refractivity contribution in [1.82, 2.24) is 9.97 Å². The first-order valence-electron chi connectivity index (χ1n) is 6.16. The lowest BCUT2D eigenvalue weighted by Crippen LogP contribution is -2.37. The summed E-state index contributed by atoms with van der Waals surface area (Å²) in [6, 6.07) is 0. The Morgan fingerprint density at radius 2 is 1.95 bits per heavy atom. The van der Waals surface area contributed by atoms with Gasteiger partial charge in [-0.15, -0.1) is 0 Å². The summed E-state index contributed by atoms with van der Waals surface area (Å²) in [6.07, 6.45) is 2.48. The Bertz CT molecular complexity index is 450. The Hall–Kier alpha value is -1.37. The molecule has 0 bridgehead atoms. The Morgan fingerprint density at radius 1 is 1.37 bits per heavy atom. The third-order valence-corrected chi connectivity index (χ3v) is 3.45. The highest BCUT2D eigenvalue weighted by atomic mass is 79.9. The number of anilines is 2. The second-order valence-corrected chi connectivity index (χ2v) is 5.71. The molecule has 4 N–H and O–H groups in total. The summed E-state index contributed by atoms with van der Waals surface area (Å²) < 4.78 is 0.753. The third kappa shape index (κ3) is 4.34. The molecule has 0 radical (unpaired) electrons. The summed E-state index contributed by atoms with van der Waals surface area (Å²) in [5, 5.41) is 6.31. The highest BCUT2D eigenvalue weighted by Gasteiger charge is 2.25. The van der Waals surface area contributed by atoms with E-state index in [1.165, 1.54) is 6.33 Å². The van der Waals surface area contributed by atoms with Crippen molar-refractivity contribution in [3.8, 4) is 0 Å². The molecule has 0 aliphatic heterocycles. The number of carbonyl (C=O) groups excluding carboxylic acids is 1. The number of nitrogens with two attached hydrogens (primary N) is 1. The van der Waals surface area contributed by atoms with Crippen LogP contribution in [0.15, 0.2) is 10.8 Å². The number of nitrogens with one attached hydrogen (secondary N) is 2. The van der Waals surface area contributed by atoms with E-state index in [4.69, 9.17) is 5.73 Å². The fourth-order valence-electron chi connectivity index (χ4n) is 1.25. The van der Waals surface area contributed by atoms with E-state index < -0.39 is 5.41 Å². The van der Waals surface area contributed by atoms with Crippen molar-refractivity contribution in [3.63, 3.8) is 0 Å². The Morgan fingerprint density at radius 3 is 2.47 bits per heavy atom. The molecule has 0 atom stereocenters. The Balaban J connectivity index is 2.76. The van der Waals surface area contributed by atoms with Gasteiger partial charge in [-0.3, -0.25) is 4.79 Å². The van der Waals surface area contributed by atoms with Crippen LogP contribution in [0.4, 0.5) is 11.6 Å². The van der Waals surface area contributed by atoms with Gasteiger partial charge in [0.25, 0.3) is 0 Å². The quantitative estimate of drug-likeness (QED) is 0.711. The Labute approximate surface area is 121 Å². The van der Waals surface area contributed by atoms with Crippen LogP contribution in [0.1, 0.15) is 27.2 Å². The maximum absolute atomic E-state index is 11.3. The molecule has 0 spiro atoms. The van der Waals surface area contributed by atoms with Gasteiger partial charge in [0.05, 0.1) is 5.41 Å². The lowest BCUT2D eigenvalue weighted by molar-refractivity contribution is -0.125. The summed E-state index contributed by atoms with van der Waals surface area (Å²) in [4.78, 5) is 19.6. The van der Waals surface area contributed by atoms with E-state index in [2.05, 4.69) is 43.5 Å². The zero-order valence-electron chi connectivity index (χ0n) is 11.5. The number of halogens is 1. The molecule has 0 aliphatic carbocycles. The number of rotatable bonds is 7. The van der Waals surface area contributed by atoms with Crippen molar-refractivity contribution < 1.29 is 4.79 Å². The second kappa shape index (κ2) is 6.70. The minimum atomic E-state index is -0.637. The van der Waals surface area contributed by atoms with E-state index >= 15 is 0 Å². The van der Waals surface area contributed by atoms with Crippen LogP contribution in [0.5, 0.6) is 0 Å². The van der Waals surface area contributed by atoms with Gasteiger partial charge in [-0.25, -0.2) is 9.97 Å². The predicted molar refractivity (Wildman–Crippen MR) is 80.0 cm³/mol. The molecule has 106 valence electrons. The number of amides is 1. The molecule has 0 saturated carbocycles. The van der Waals surface area contributed by atoms with Crippen molar-refractivity contribution in [2.45, 2.75) is 27.2 Å². The van der Waals surface area contributed by atoms with Gasteiger partial charge in [0.1, 0.15) is 22.4 Å². The van der Waals surface area contributed by atoms with Crippen molar-refractivity contribution in [2.24, 2.45) is 11.1 Å². The first-order valence-corrected chi connectivity index (χ1v) is 6.96. The van der Waals surface area contributed by atoms with Gasteiger partial charge in [-0.2, -0.15) is 0 Å². The zero-order valence-corrected chi connectivity index (χ0v) is 13.0. The molecule has 0 saturated heterocycles. The van der Waals surface area contributed by atoms with Gasteiger partial charge < -0.3 is 16.4 Å². The average Bonchev–Trinajstić information content (AvgIpc) is 2.36. The van der Waals surface area contributed by atoms with E-state index in [9.17, 15) is 4.79 Å². The van der Waals surface area contributed by atoms with Crippen LogP contribution in [-0.2, 0) is 4.79 Å². The smallest absolute Gasteiger partial charge is 0.224 e. The molecule has 19 heavy (non-hydrogen) atoms. The van der Waals surface area contributed by atoms with Gasteiger partial charge >= 0.3 is 0 Å². The molecule has 0 aliphatic rings. The minimum Gasteiger partial charge on any atom is -0.369 e. The van der Waals surface area contributed by atoms with Gasteiger partial charge in [0.15, 0.2) is 0 Å². The normalized spacial score (nSPS) is 11.2. The lowest BCUT2D eigenvalue weighted by Gasteiger charge is -2.21. The predicted octanol–water partition coefficient (Wildman–Crippen LogP) is 1.98. The van der Waals surface area contributed by atoms with Crippen LogP contribution in [-0.4, -0.2) is 29.0 Å². The van der Waals surface area contributed by atoms with Crippen LogP contribution in [0.25, 0.3) is 0 Å². The standard InChI is InChI=1S/C12H20BrN5O/c1-4-5-15-9-8(13)10(18-7-17-9)16-6-12(2,3)11(14)19/h7H,4-6H2,1-3H3,(H2,14,19)(H2,15,16,17,18). The summed E-state index contributed by atoms with van der Waals surface area (Å²) in [5.41, 5.74) is 4.69. The molecular formula is C12H20BrN5O.